The van der Waals surface area contributed by atoms with Crippen LogP contribution < -0.4 is 5.32 Å². The smallest absolute Gasteiger partial charge is 0.147 e. The summed E-state index contributed by atoms with van der Waals surface area (Å²) in [6.45, 7) is 1.58. The second kappa shape index (κ2) is 8.89. The Morgan fingerprint density at radius 1 is 0.885 bits per heavy atom. The summed E-state index contributed by atoms with van der Waals surface area (Å²) in [7, 11) is 4.05. The minimum absolute atomic E-state index is 0.302. The fourth-order valence-corrected chi connectivity index (χ4v) is 6.81. The summed E-state index contributed by atoms with van der Waals surface area (Å²) in [6, 6.07) is 0. The highest BCUT2D eigenvalue weighted by Crippen LogP contribution is 2.47. The van der Waals surface area contributed by atoms with Crippen LogP contribution in [0.25, 0.3) is 0 Å². The van der Waals surface area contributed by atoms with Gasteiger partial charge in [0.2, 0.25) is 0 Å². The SMILES string of the molecule is CNC[C@H](C1CCC2CCCCC2C1)[C@H](OC)C1CCC2OCOC2C1. The van der Waals surface area contributed by atoms with Crippen molar-refractivity contribution in [2.75, 3.05) is 27.5 Å². The lowest BCUT2D eigenvalue weighted by Crippen LogP contribution is -2.46. The molecule has 4 rings (SSSR count). The molecule has 0 amide bonds. The van der Waals surface area contributed by atoms with Gasteiger partial charge in [-0.05, 0) is 69.2 Å². The van der Waals surface area contributed by atoms with Crippen LogP contribution >= 0.6 is 0 Å². The van der Waals surface area contributed by atoms with E-state index in [1.165, 1.54) is 51.4 Å². The van der Waals surface area contributed by atoms with Gasteiger partial charge in [-0.2, -0.15) is 0 Å². The normalized spacial score (nSPS) is 42.7. The van der Waals surface area contributed by atoms with Gasteiger partial charge in [-0.3, -0.25) is 0 Å². The molecule has 0 radical (unpaired) electrons. The Balaban J connectivity index is 1.43. The summed E-state index contributed by atoms with van der Waals surface area (Å²) in [5.74, 6) is 4.09. The molecule has 6 unspecified atom stereocenters. The second-order valence-corrected chi connectivity index (χ2v) is 9.40. The number of hydrogen-bond donors (Lipinski definition) is 1. The molecule has 0 aromatic heterocycles. The third-order valence-corrected chi connectivity index (χ3v) is 8.12. The molecule has 150 valence electrons. The van der Waals surface area contributed by atoms with Gasteiger partial charge in [-0.25, -0.2) is 0 Å². The standard InChI is InChI=1S/C22H39NO3/c1-23-13-19(17-8-7-15-5-3-4-6-16(15)11-17)22(24-2)18-9-10-20-21(12-18)26-14-25-20/h15-23H,3-14H2,1-2H3/t15?,16?,17?,18?,19-,20?,21?,22-/m1/s1. The molecule has 0 aromatic carbocycles. The summed E-state index contributed by atoms with van der Waals surface area (Å²) >= 11 is 0. The first-order chi connectivity index (χ1) is 12.8. The number of fused-ring (bicyclic) bond motifs is 2. The summed E-state index contributed by atoms with van der Waals surface area (Å²) in [4.78, 5) is 0. The zero-order valence-corrected chi connectivity index (χ0v) is 16.8. The molecule has 3 aliphatic carbocycles. The molecule has 0 spiro atoms. The molecular formula is C22H39NO3. The van der Waals surface area contributed by atoms with Crippen molar-refractivity contribution >= 4 is 0 Å². The van der Waals surface area contributed by atoms with Crippen molar-refractivity contribution in [3.05, 3.63) is 0 Å². The Bertz CT molecular complexity index is 445. The number of ether oxygens (including phenoxy) is 3. The molecule has 1 aliphatic heterocycles. The van der Waals surface area contributed by atoms with Crippen molar-refractivity contribution in [1.82, 2.24) is 5.32 Å². The van der Waals surface area contributed by atoms with Crippen molar-refractivity contribution in [2.24, 2.45) is 29.6 Å². The van der Waals surface area contributed by atoms with Gasteiger partial charge < -0.3 is 19.5 Å². The third-order valence-electron chi connectivity index (χ3n) is 8.12. The van der Waals surface area contributed by atoms with Crippen LogP contribution in [0, 0.1) is 29.6 Å². The van der Waals surface area contributed by atoms with Gasteiger partial charge >= 0.3 is 0 Å². The fourth-order valence-electron chi connectivity index (χ4n) is 6.81. The average Bonchev–Trinajstić information content (AvgIpc) is 3.15. The van der Waals surface area contributed by atoms with Crippen LogP contribution in [0.2, 0.25) is 0 Å². The minimum atomic E-state index is 0.302. The zero-order valence-electron chi connectivity index (χ0n) is 16.8. The van der Waals surface area contributed by atoms with E-state index >= 15 is 0 Å². The van der Waals surface area contributed by atoms with Crippen LogP contribution in [-0.4, -0.2) is 45.8 Å². The van der Waals surface area contributed by atoms with Gasteiger partial charge in [-0.1, -0.05) is 25.7 Å². The summed E-state index contributed by atoms with van der Waals surface area (Å²) in [6.07, 6.45) is 14.7. The van der Waals surface area contributed by atoms with Crippen molar-refractivity contribution in [2.45, 2.75) is 82.5 Å². The van der Waals surface area contributed by atoms with Crippen LogP contribution in [0.1, 0.15) is 64.2 Å². The van der Waals surface area contributed by atoms with Crippen LogP contribution in [0.15, 0.2) is 0 Å². The van der Waals surface area contributed by atoms with Crippen molar-refractivity contribution in [1.29, 1.82) is 0 Å². The largest absolute Gasteiger partial charge is 0.381 e. The van der Waals surface area contributed by atoms with Gasteiger partial charge in [0.15, 0.2) is 0 Å². The predicted molar refractivity (Wildman–Crippen MR) is 103 cm³/mol. The molecule has 26 heavy (non-hydrogen) atoms. The van der Waals surface area contributed by atoms with Crippen LogP contribution in [-0.2, 0) is 14.2 Å². The quantitative estimate of drug-likeness (QED) is 0.773. The number of rotatable bonds is 6. The summed E-state index contributed by atoms with van der Waals surface area (Å²) in [5, 5.41) is 3.50. The molecule has 0 bridgehead atoms. The first-order valence-corrected chi connectivity index (χ1v) is 11.2. The highest BCUT2D eigenvalue weighted by Gasteiger charge is 2.44. The second-order valence-electron chi connectivity index (χ2n) is 9.40. The fraction of sp³-hybridized carbons (Fsp3) is 1.00. The molecule has 1 heterocycles. The van der Waals surface area contributed by atoms with Crippen molar-refractivity contribution in [3.63, 3.8) is 0 Å². The Labute approximate surface area is 159 Å². The van der Waals surface area contributed by atoms with Gasteiger partial charge in [0.1, 0.15) is 6.79 Å². The van der Waals surface area contributed by atoms with Crippen LogP contribution in [0.5, 0.6) is 0 Å². The Morgan fingerprint density at radius 2 is 1.65 bits per heavy atom. The van der Waals surface area contributed by atoms with Crippen molar-refractivity contribution in [3.8, 4) is 0 Å². The molecule has 1 N–H and O–H groups in total. The molecule has 1 saturated heterocycles. The maximum atomic E-state index is 6.21. The third kappa shape index (κ3) is 3.99. The predicted octanol–water partition coefficient (Wildman–Crippen LogP) is 3.99. The van der Waals surface area contributed by atoms with E-state index in [0.717, 1.165) is 37.1 Å². The van der Waals surface area contributed by atoms with E-state index in [0.29, 0.717) is 36.9 Å². The maximum Gasteiger partial charge on any atom is 0.147 e. The molecular weight excluding hydrogens is 326 g/mol. The molecule has 4 nitrogen and oxygen atoms in total. The van der Waals surface area contributed by atoms with E-state index in [1.54, 1.807) is 0 Å². The topological polar surface area (TPSA) is 39.7 Å². The summed E-state index contributed by atoms with van der Waals surface area (Å²) in [5.41, 5.74) is 0. The number of methoxy groups -OCH3 is 1. The number of nitrogens with one attached hydrogen (secondary N) is 1. The first kappa shape index (κ1) is 19.2. The molecule has 8 atom stereocenters. The van der Waals surface area contributed by atoms with E-state index in [-0.39, 0.29) is 0 Å². The summed E-state index contributed by atoms with van der Waals surface area (Å²) < 4.78 is 17.8. The minimum Gasteiger partial charge on any atom is -0.381 e. The van der Waals surface area contributed by atoms with Gasteiger partial charge in [0.25, 0.3) is 0 Å². The number of hydrogen-bond acceptors (Lipinski definition) is 4. The molecule has 4 heteroatoms. The van der Waals surface area contributed by atoms with Crippen molar-refractivity contribution < 1.29 is 14.2 Å². The molecule has 3 saturated carbocycles. The van der Waals surface area contributed by atoms with Gasteiger partial charge in [0.05, 0.1) is 18.3 Å². The van der Waals surface area contributed by atoms with Crippen LogP contribution in [0.4, 0.5) is 0 Å². The lowest BCUT2D eigenvalue weighted by atomic mass is 9.63. The highest BCUT2D eigenvalue weighted by molar-refractivity contribution is 4.94. The van der Waals surface area contributed by atoms with E-state index in [2.05, 4.69) is 12.4 Å². The Kier molecular flexibility index (Phi) is 6.56. The molecule has 4 fully saturated rings. The molecule has 0 aromatic rings. The zero-order chi connectivity index (χ0) is 17.9. The lowest BCUT2D eigenvalue weighted by molar-refractivity contribution is -0.0603. The van der Waals surface area contributed by atoms with E-state index in [1.807, 2.05) is 7.11 Å². The van der Waals surface area contributed by atoms with E-state index in [9.17, 15) is 0 Å². The first-order valence-electron chi connectivity index (χ1n) is 11.2. The highest BCUT2D eigenvalue weighted by atomic mass is 16.7. The maximum absolute atomic E-state index is 6.21. The van der Waals surface area contributed by atoms with Gasteiger partial charge in [-0.15, -0.1) is 0 Å². The monoisotopic (exact) mass is 365 g/mol. The average molecular weight is 366 g/mol. The van der Waals surface area contributed by atoms with E-state index < -0.39 is 0 Å². The molecule has 4 aliphatic rings. The van der Waals surface area contributed by atoms with Gasteiger partial charge in [0, 0.05) is 19.6 Å². The van der Waals surface area contributed by atoms with Crippen LogP contribution in [0.3, 0.4) is 0 Å². The Hall–Kier alpha value is -0.160. The Morgan fingerprint density at radius 3 is 2.46 bits per heavy atom. The van der Waals surface area contributed by atoms with E-state index in [4.69, 9.17) is 14.2 Å². The lowest BCUT2D eigenvalue weighted by Gasteiger charge is -2.46.